The van der Waals surface area contributed by atoms with Crippen molar-refractivity contribution in [2.24, 2.45) is 11.8 Å². The lowest BCUT2D eigenvalue weighted by Crippen LogP contribution is -2.44. The number of nitrogens with one attached hydrogen (secondary N) is 1. The van der Waals surface area contributed by atoms with Crippen LogP contribution in [0.2, 0.25) is 0 Å². The monoisotopic (exact) mass is 193 g/mol. The molecule has 0 saturated heterocycles. The van der Waals surface area contributed by atoms with Crippen LogP contribution in [0.25, 0.3) is 0 Å². The summed E-state index contributed by atoms with van der Waals surface area (Å²) < 4.78 is 0. The van der Waals surface area contributed by atoms with E-state index >= 15 is 0 Å². The molecular formula is C13H23N. The quantitative estimate of drug-likeness (QED) is 0.726. The molecule has 1 heteroatoms. The molecule has 0 amide bonds. The van der Waals surface area contributed by atoms with Crippen LogP contribution < -0.4 is 5.32 Å². The highest BCUT2D eigenvalue weighted by Gasteiger charge is 2.35. The molecule has 3 fully saturated rings. The van der Waals surface area contributed by atoms with E-state index in [4.69, 9.17) is 0 Å². The van der Waals surface area contributed by atoms with Crippen LogP contribution in [-0.4, -0.2) is 12.1 Å². The summed E-state index contributed by atoms with van der Waals surface area (Å²) in [6.07, 6.45) is 13.4. The lowest BCUT2D eigenvalue weighted by molar-refractivity contribution is 0.216. The average Bonchev–Trinajstić information content (AvgIpc) is 2.95. The predicted molar refractivity (Wildman–Crippen MR) is 59.2 cm³/mol. The highest BCUT2D eigenvalue weighted by Crippen LogP contribution is 2.44. The van der Waals surface area contributed by atoms with Crippen LogP contribution >= 0.6 is 0 Å². The standard InChI is InChI=1S/C13H23N/c1-3-11(10-7-8-10)9-13(6-1)14-12-4-2-5-12/h10-14H,1-9H2. The van der Waals surface area contributed by atoms with E-state index in [0.717, 1.165) is 23.9 Å². The van der Waals surface area contributed by atoms with Crippen LogP contribution in [0.15, 0.2) is 0 Å². The first-order chi connectivity index (χ1) is 6.92. The van der Waals surface area contributed by atoms with E-state index in [1.54, 1.807) is 12.8 Å². The summed E-state index contributed by atoms with van der Waals surface area (Å²) in [7, 11) is 0. The maximum atomic E-state index is 3.87. The molecule has 0 aromatic heterocycles. The van der Waals surface area contributed by atoms with Crippen molar-refractivity contribution >= 4 is 0 Å². The second-order valence-corrected chi connectivity index (χ2v) is 5.76. The average molecular weight is 193 g/mol. The first-order valence-corrected chi connectivity index (χ1v) is 6.68. The summed E-state index contributed by atoms with van der Waals surface area (Å²) in [4.78, 5) is 0. The Labute approximate surface area is 87.7 Å². The SMILES string of the molecule is C1CC(NC2CCCC(C3CC3)C2)C1. The molecule has 80 valence electrons. The minimum absolute atomic E-state index is 0.889. The van der Waals surface area contributed by atoms with Crippen LogP contribution in [0.3, 0.4) is 0 Å². The largest absolute Gasteiger partial charge is 0.311 e. The molecule has 2 atom stereocenters. The predicted octanol–water partition coefficient (Wildman–Crippen LogP) is 3.10. The Morgan fingerprint density at radius 1 is 0.643 bits per heavy atom. The molecule has 0 aromatic carbocycles. The van der Waals surface area contributed by atoms with E-state index in [9.17, 15) is 0 Å². The summed E-state index contributed by atoms with van der Waals surface area (Å²) in [6, 6.07) is 1.79. The number of rotatable bonds is 3. The summed E-state index contributed by atoms with van der Waals surface area (Å²) in [5, 5.41) is 3.87. The van der Waals surface area contributed by atoms with E-state index in [1.165, 1.54) is 44.9 Å². The van der Waals surface area contributed by atoms with E-state index in [0.29, 0.717) is 0 Å². The molecule has 0 radical (unpaired) electrons. The van der Waals surface area contributed by atoms with Gasteiger partial charge in [0.1, 0.15) is 0 Å². The van der Waals surface area contributed by atoms with Crippen LogP contribution in [0.5, 0.6) is 0 Å². The van der Waals surface area contributed by atoms with Gasteiger partial charge in [-0.1, -0.05) is 19.3 Å². The highest BCUT2D eigenvalue weighted by molar-refractivity contribution is 4.90. The molecule has 3 rings (SSSR count). The smallest absolute Gasteiger partial charge is 0.00723 e. The third-order valence-electron chi connectivity index (χ3n) is 4.58. The third kappa shape index (κ3) is 1.98. The molecule has 14 heavy (non-hydrogen) atoms. The minimum Gasteiger partial charge on any atom is -0.311 e. The Bertz CT molecular complexity index is 193. The molecule has 1 N–H and O–H groups in total. The number of hydrogen-bond donors (Lipinski definition) is 1. The molecule has 0 bridgehead atoms. The van der Waals surface area contributed by atoms with Gasteiger partial charge >= 0.3 is 0 Å². The van der Waals surface area contributed by atoms with Crippen LogP contribution in [0.4, 0.5) is 0 Å². The van der Waals surface area contributed by atoms with Crippen molar-refractivity contribution in [2.75, 3.05) is 0 Å². The molecule has 0 aliphatic heterocycles. The molecule has 2 unspecified atom stereocenters. The first kappa shape index (κ1) is 9.21. The lowest BCUT2D eigenvalue weighted by atomic mass is 9.81. The van der Waals surface area contributed by atoms with Gasteiger partial charge in [0.15, 0.2) is 0 Å². The number of hydrogen-bond acceptors (Lipinski definition) is 1. The zero-order chi connectivity index (χ0) is 9.38. The minimum atomic E-state index is 0.889. The van der Waals surface area contributed by atoms with Gasteiger partial charge in [0, 0.05) is 12.1 Å². The van der Waals surface area contributed by atoms with Gasteiger partial charge in [0.25, 0.3) is 0 Å². The van der Waals surface area contributed by atoms with Crippen LogP contribution in [0.1, 0.15) is 57.8 Å². The molecular weight excluding hydrogens is 170 g/mol. The maximum Gasteiger partial charge on any atom is 0.00723 e. The fourth-order valence-corrected chi connectivity index (χ4v) is 3.28. The second-order valence-electron chi connectivity index (χ2n) is 5.76. The van der Waals surface area contributed by atoms with Gasteiger partial charge < -0.3 is 5.32 Å². The van der Waals surface area contributed by atoms with Gasteiger partial charge in [-0.2, -0.15) is 0 Å². The molecule has 0 spiro atoms. The zero-order valence-corrected chi connectivity index (χ0v) is 9.17. The van der Waals surface area contributed by atoms with Gasteiger partial charge in [-0.15, -0.1) is 0 Å². The van der Waals surface area contributed by atoms with Crippen LogP contribution in [0, 0.1) is 11.8 Å². The normalized spacial score (nSPS) is 39.4. The summed E-state index contributed by atoms with van der Waals surface area (Å²) in [5.74, 6) is 2.24. The summed E-state index contributed by atoms with van der Waals surface area (Å²) in [5.41, 5.74) is 0. The van der Waals surface area contributed by atoms with Crippen LogP contribution in [-0.2, 0) is 0 Å². The van der Waals surface area contributed by atoms with Gasteiger partial charge in [-0.3, -0.25) is 0 Å². The first-order valence-electron chi connectivity index (χ1n) is 6.68. The van der Waals surface area contributed by atoms with E-state index < -0.39 is 0 Å². The van der Waals surface area contributed by atoms with Gasteiger partial charge in [-0.05, 0) is 50.4 Å². The van der Waals surface area contributed by atoms with E-state index in [2.05, 4.69) is 5.32 Å². The molecule has 1 nitrogen and oxygen atoms in total. The van der Waals surface area contributed by atoms with E-state index in [1.807, 2.05) is 0 Å². The van der Waals surface area contributed by atoms with Crippen molar-refractivity contribution in [3.05, 3.63) is 0 Å². The second kappa shape index (κ2) is 3.84. The van der Waals surface area contributed by atoms with Crippen molar-refractivity contribution in [2.45, 2.75) is 69.9 Å². The fraction of sp³-hybridized carbons (Fsp3) is 1.00. The lowest BCUT2D eigenvalue weighted by Gasteiger charge is -2.36. The van der Waals surface area contributed by atoms with E-state index in [-0.39, 0.29) is 0 Å². The third-order valence-corrected chi connectivity index (χ3v) is 4.58. The Balaban J connectivity index is 1.47. The Hall–Kier alpha value is -0.0400. The van der Waals surface area contributed by atoms with Gasteiger partial charge in [0.05, 0.1) is 0 Å². The van der Waals surface area contributed by atoms with Crippen molar-refractivity contribution in [1.82, 2.24) is 5.32 Å². The fourth-order valence-electron chi connectivity index (χ4n) is 3.28. The zero-order valence-electron chi connectivity index (χ0n) is 9.17. The molecule has 0 aromatic rings. The molecule has 0 heterocycles. The molecule has 3 aliphatic carbocycles. The van der Waals surface area contributed by atoms with Crippen molar-refractivity contribution in [3.63, 3.8) is 0 Å². The summed E-state index contributed by atoms with van der Waals surface area (Å²) in [6.45, 7) is 0. The maximum absolute atomic E-state index is 3.87. The topological polar surface area (TPSA) is 12.0 Å². The van der Waals surface area contributed by atoms with Crippen molar-refractivity contribution < 1.29 is 0 Å². The Morgan fingerprint density at radius 2 is 1.36 bits per heavy atom. The van der Waals surface area contributed by atoms with Crippen molar-refractivity contribution in [3.8, 4) is 0 Å². The molecule has 3 saturated carbocycles. The van der Waals surface area contributed by atoms with Gasteiger partial charge in [-0.25, -0.2) is 0 Å². The highest BCUT2D eigenvalue weighted by atomic mass is 15.0. The molecule has 3 aliphatic rings. The Kier molecular flexibility index (Phi) is 2.53. The van der Waals surface area contributed by atoms with Gasteiger partial charge in [0.2, 0.25) is 0 Å². The van der Waals surface area contributed by atoms with Crippen molar-refractivity contribution in [1.29, 1.82) is 0 Å². The Morgan fingerprint density at radius 3 is 2.00 bits per heavy atom. The summed E-state index contributed by atoms with van der Waals surface area (Å²) >= 11 is 0.